The number of halogens is 4. The van der Waals surface area contributed by atoms with Crippen molar-refractivity contribution in [3.63, 3.8) is 0 Å². The fourth-order valence-electron chi connectivity index (χ4n) is 2.55. The number of carbonyl (C=O) groups excluding carboxylic acids is 1. The number of primary amides is 1. The second-order valence-electron chi connectivity index (χ2n) is 5.85. The molecule has 0 atom stereocenters. The van der Waals surface area contributed by atoms with Crippen LogP contribution in [0.15, 0.2) is 30.3 Å². The van der Waals surface area contributed by atoms with Gasteiger partial charge in [-0.05, 0) is 35.2 Å². The van der Waals surface area contributed by atoms with Gasteiger partial charge in [-0.3, -0.25) is 4.79 Å². The topological polar surface area (TPSA) is 52.3 Å². The predicted octanol–water partition coefficient (Wildman–Crippen LogP) is 4.74. The lowest BCUT2D eigenvalue weighted by molar-refractivity contribution is -0.137. The van der Waals surface area contributed by atoms with Crippen molar-refractivity contribution in [3.05, 3.63) is 52.8 Å². The van der Waals surface area contributed by atoms with E-state index in [1.807, 2.05) is 0 Å². The lowest BCUT2D eigenvalue weighted by Crippen LogP contribution is -2.15. The van der Waals surface area contributed by atoms with Crippen molar-refractivity contribution in [1.29, 1.82) is 0 Å². The minimum Gasteiger partial charge on any atom is -0.496 e. The van der Waals surface area contributed by atoms with E-state index in [2.05, 4.69) is 0 Å². The van der Waals surface area contributed by atoms with E-state index in [4.69, 9.17) is 10.5 Å². The van der Waals surface area contributed by atoms with Gasteiger partial charge in [0.15, 0.2) is 0 Å². The number of nitrogens with two attached hydrogens (primary N) is 1. The number of alkyl halides is 3. The lowest BCUT2D eigenvalue weighted by Gasteiger charge is -2.17. The van der Waals surface area contributed by atoms with Gasteiger partial charge in [-0.1, -0.05) is 19.9 Å². The smallest absolute Gasteiger partial charge is 0.416 e. The molecule has 0 aliphatic carbocycles. The Labute approximate surface area is 142 Å². The second kappa shape index (κ2) is 6.74. The Hall–Kier alpha value is -2.57. The van der Waals surface area contributed by atoms with Gasteiger partial charge in [0.2, 0.25) is 5.91 Å². The number of rotatable bonds is 4. The average Bonchev–Trinajstić information content (AvgIpc) is 2.52. The molecule has 2 rings (SSSR count). The average molecular weight is 355 g/mol. The zero-order valence-corrected chi connectivity index (χ0v) is 13.9. The summed E-state index contributed by atoms with van der Waals surface area (Å²) in [5.41, 5.74) is 4.77. The molecule has 2 aromatic carbocycles. The molecule has 0 fully saturated rings. The van der Waals surface area contributed by atoms with Gasteiger partial charge < -0.3 is 10.5 Å². The molecule has 0 saturated heterocycles. The number of hydrogen-bond donors (Lipinski definition) is 1. The summed E-state index contributed by atoms with van der Waals surface area (Å²) < 4.78 is 58.0. The van der Waals surface area contributed by atoms with Crippen molar-refractivity contribution < 1.29 is 27.1 Å². The first-order valence-corrected chi connectivity index (χ1v) is 7.45. The van der Waals surface area contributed by atoms with E-state index in [1.165, 1.54) is 13.2 Å². The Morgan fingerprint density at radius 3 is 2.24 bits per heavy atom. The Balaban J connectivity index is 2.77. The van der Waals surface area contributed by atoms with Gasteiger partial charge in [0.1, 0.15) is 11.6 Å². The highest BCUT2D eigenvalue weighted by Crippen LogP contribution is 2.39. The molecule has 0 bridgehead atoms. The van der Waals surface area contributed by atoms with Gasteiger partial charge in [-0.2, -0.15) is 13.2 Å². The molecule has 0 aliphatic rings. The standard InChI is InChI=1S/C18H17F4NO2/c1-9(2)12-7-13(16(25-3)8-15(12)19)11-5-4-10(18(20,21)22)6-14(11)17(23)24/h4-9H,1-3H3,(H2,23,24). The maximum absolute atomic E-state index is 14.1. The van der Waals surface area contributed by atoms with Crippen LogP contribution in [-0.4, -0.2) is 13.0 Å². The molecule has 3 nitrogen and oxygen atoms in total. The minimum atomic E-state index is -4.61. The van der Waals surface area contributed by atoms with Gasteiger partial charge in [0, 0.05) is 17.2 Å². The number of amides is 1. The summed E-state index contributed by atoms with van der Waals surface area (Å²) in [7, 11) is 1.31. The third kappa shape index (κ3) is 3.75. The Morgan fingerprint density at radius 1 is 1.12 bits per heavy atom. The number of ether oxygens (including phenoxy) is 1. The molecular weight excluding hydrogens is 338 g/mol. The van der Waals surface area contributed by atoms with Crippen LogP contribution in [0, 0.1) is 5.82 Å². The van der Waals surface area contributed by atoms with Crippen LogP contribution in [0.1, 0.15) is 41.3 Å². The van der Waals surface area contributed by atoms with Gasteiger partial charge in [-0.25, -0.2) is 4.39 Å². The van der Waals surface area contributed by atoms with Crippen LogP contribution in [0.5, 0.6) is 5.75 Å². The molecule has 1 amide bonds. The fraction of sp³-hybridized carbons (Fsp3) is 0.278. The maximum Gasteiger partial charge on any atom is 0.416 e. The molecule has 2 aromatic rings. The maximum atomic E-state index is 14.1. The van der Waals surface area contributed by atoms with E-state index in [0.29, 0.717) is 17.2 Å². The fourth-order valence-corrected chi connectivity index (χ4v) is 2.55. The monoisotopic (exact) mass is 355 g/mol. The van der Waals surface area contributed by atoms with Gasteiger partial charge in [0.05, 0.1) is 12.7 Å². The number of carbonyl (C=O) groups is 1. The summed E-state index contributed by atoms with van der Waals surface area (Å²) in [5.74, 6) is -1.58. The van der Waals surface area contributed by atoms with Crippen LogP contribution in [-0.2, 0) is 6.18 Å². The Kier molecular flexibility index (Phi) is 5.06. The van der Waals surface area contributed by atoms with Crippen molar-refractivity contribution in [2.75, 3.05) is 7.11 Å². The summed E-state index contributed by atoms with van der Waals surface area (Å²) in [6.07, 6.45) is -4.61. The van der Waals surface area contributed by atoms with E-state index in [9.17, 15) is 22.4 Å². The predicted molar refractivity (Wildman–Crippen MR) is 86.0 cm³/mol. The van der Waals surface area contributed by atoms with Gasteiger partial charge in [-0.15, -0.1) is 0 Å². The third-order valence-corrected chi connectivity index (χ3v) is 3.84. The third-order valence-electron chi connectivity index (χ3n) is 3.84. The number of methoxy groups -OCH3 is 1. The van der Waals surface area contributed by atoms with Crippen LogP contribution in [0.3, 0.4) is 0 Å². The van der Waals surface area contributed by atoms with Crippen LogP contribution in [0.2, 0.25) is 0 Å². The molecule has 0 aliphatic heterocycles. The van der Waals surface area contributed by atoms with Crippen LogP contribution >= 0.6 is 0 Å². The molecule has 2 N–H and O–H groups in total. The number of hydrogen-bond acceptors (Lipinski definition) is 2. The highest BCUT2D eigenvalue weighted by Gasteiger charge is 2.32. The van der Waals surface area contributed by atoms with E-state index in [-0.39, 0.29) is 22.8 Å². The molecule has 0 aromatic heterocycles. The second-order valence-corrected chi connectivity index (χ2v) is 5.85. The SMILES string of the molecule is COc1cc(F)c(C(C)C)cc1-c1ccc(C(F)(F)F)cc1C(N)=O. The largest absolute Gasteiger partial charge is 0.496 e. The van der Waals surface area contributed by atoms with Crippen LogP contribution in [0.25, 0.3) is 11.1 Å². The zero-order chi connectivity index (χ0) is 18.9. The highest BCUT2D eigenvalue weighted by molar-refractivity contribution is 6.00. The molecular formula is C18H17F4NO2. The van der Waals surface area contributed by atoms with Crippen LogP contribution < -0.4 is 10.5 Å². The van der Waals surface area contributed by atoms with Crippen LogP contribution in [0.4, 0.5) is 17.6 Å². The van der Waals surface area contributed by atoms with E-state index >= 15 is 0 Å². The van der Waals surface area contributed by atoms with E-state index < -0.39 is 23.5 Å². The van der Waals surface area contributed by atoms with Gasteiger partial charge in [0.25, 0.3) is 0 Å². The van der Waals surface area contributed by atoms with Crippen molar-refractivity contribution in [2.24, 2.45) is 5.73 Å². The summed E-state index contributed by atoms with van der Waals surface area (Å²) in [6.45, 7) is 3.55. The highest BCUT2D eigenvalue weighted by atomic mass is 19.4. The molecule has 0 radical (unpaired) electrons. The minimum absolute atomic E-state index is 0.101. The molecule has 0 heterocycles. The molecule has 25 heavy (non-hydrogen) atoms. The Morgan fingerprint density at radius 2 is 1.76 bits per heavy atom. The van der Waals surface area contributed by atoms with E-state index in [0.717, 1.165) is 18.2 Å². The first kappa shape index (κ1) is 18.8. The summed E-state index contributed by atoms with van der Waals surface area (Å²) >= 11 is 0. The number of benzene rings is 2. The molecule has 0 spiro atoms. The molecule has 0 unspecified atom stereocenters. The van der Waals surface area contributed by atoms with Crippen molar-refractivity contribution in [2.45, 2.75) is 25.9 Å². The Bertz CT molecular complexity index is 813. The quantitative estimate of drug-likeness (QED) is 0.805. The normalized spacial score (nSPS) is 11.7. The van der Waals surface area contributed by atoms with E-state index in [1.54, 1.807) is 13.8 Å². The summed E-state index contributed by atoms with van der Waals surface area (Å²) in [4.78, 5) is 11.7. The molecule has 7 heteroatoms. The van der Waals surface area contributed by atoms with Crippen molar-refractivity contribution >= 4 is 5.91 Å². The molecule has 0 saturated carbocycles. The zero-order valence-electron chi connectivity index (χ0n) is 13.9. The van der Waals surface area contributed by atoms with Crippen molar-refractivity contribution in [3.8, 4) is 16.9 Å². The first-order chi connectivity index (χ1) is 11.6. The lowest BCUT2D eigenvalue weighted by atomic mass is 9.92. The summed E-state index contributed by atoms with van der Waals surface area (Å²) in [6, 6.07) is 5.29. The summed E-state index contributed by atoms with van der Waals surface area (Å²) in [5, 5.41) is 0. The van der Waals surface area contributed by atoms with Crippen molar-refractivity contribution in [1.82, 2.24) is 0 Å². The first-order valence-electron chi connectivity index (χ1n) is 7.45. The van der Waals surface area contributed by atoms with Gasteiger partial charge >= 0.3 is 6.18 Å². The molecule has 134 valence electrons.